The predicted octanol–water partition coefficient (Wildman–Crippen LogP) is 1.15. The van der Waals surface area contributed by atoms with Crippen molar-refractivity contribution in [3.63, 3.8) is 0 Å². The van der Waals surface area contributed by atoms with E-state index in [9.17, 15) is 4.79 Å². The lowest BCUT2D eigenvalue weighted by atomic mass is 9.99. The van der Waals surface area contributed by atoms with Gasteiger partial charge in [0.05, 0.1) is 12.1 Å². The van der Waals surface area contributed by atoms with Gasteiger partial charge in [0.25, 0.3) is 0 Å². The summed E-state index contributed by atoms with van der Waals surface area (Å²) in [5.41, 5.74) is 0. The second-order valence-corrected chi connectivity index (χ2v) is 5.27. The first-order valence-corrected chi connectivity index (χ1v) is 6.83. The van der Waals surface area contributed by atoms with Gasteiger partial charge < -0.3 is 15.0 Å². The van der Waals surface area contributed by atoms with Crippen LogP contribution in [0.4, 0.5) is 0 Å². The topological polar surface area (TPSA) is 41.6 Å². The molecule has 0 aromatic carbocycles. The second-order valence-electron chi connectivity index (χ2n) is 5.27. The van der Waals surface area contributed by atoms with E-state index in [-0.39, 0.29) is 11.9 Å². The van der Waals surface area contributed by atoms with Gasteiger partial charge in [0.1, 0.15) is 0 Å². The summed E-state index contributed by atoms with van der Waals surface area (Å²) >= 11 is 0. The van der Waals surface area contributed by atoms with Crippen molar-refractivity contribution < 1.29 is 9.53 Å². The maximum Gasteiger partial charge on any atom is 0.239 e. The van der Waals surface area contributed by atoms with E-state index < -0.39 is 0 Å². The fourth-order valence-corrected chi connectivity index (χ4v) is 2.82. The Balaban J connectivity index is 1.80. The Kier molecular flexibility index (Phi) is 4.40. The van der Waals surface area contributed by atoms with E-state index >= 15 is 0 Å². The molecule has 0 spiro atoms. The number of likely N-dealkylation sites (N-methyl/N-ethyl adjacent to an activating group) is 1. The minimum atomic E-state index is 0.0466. The Morgan fingerprint density at radius 3 is 2.94 bits per heavy atom. The number of carbonyl (C=O) groups excluding carboxylic acids is 1. The standard InChI is InChI=1S/C13H24N2O2/c1-3-4-11-9-10(6-8-17-11)14-12-5-7-15(2)13(12)16/h10-12,14H,3-9H2,1-2H3. The van der Waals surface area contributed by atoms with E-state index in [4.69, 9.17) is 4.74 Å². The predicted molar refractivity (Wildman–Crippen MR) is 66.8 cm³/mol. The summed E-state index contributed by atoms with van der Waals surface area (Å²) in [6.07, 6.45) is 5.74. The lowest BCUT2D eigenvalue weighted by molar-refractivity contribution is -0.128. The number of ether oxygens (including phenoxy) is 1. The molecular formula is C13H24N2O2. The molecule has 4 nitrogen and oxygen atoms in total. The monoisotopic (exact) mass is 240 g/mol. The van der Waals surface area contributed by atoms with Gasteiger partial charge in [0.15, 0.2) is 0 Å². The third-order valence-corrected chi connectivity index (χ3v) is 3.84. The van der Waals surface area contributed by atoms with Crippen molar-refractivity contribution in [3.05, 3.63) is 0 Å². The lowest BCUT2D eigenvalue weighted by Gasteiger charge is -2.31. The molecular weight excluding hydrogens is 216 g/mol. The Morgan fingerprint density at radius 2 is 2.29 bits per heavy atom. The second kappa shape index (κ2) is 5.83. The Hall–Kier alpha value is -0.610. The molecule has 17 heavy (non-hydrogen) atoms. The highest BCUT2D eigenvalue weighted by Gasteiger charge is 2.32. The van der Waals surface area contributed by atoms with Gasteiger partial charge >= 0.3 is 0 Å². The number of nitrogens with zero attached hydrogens (tertiary/aromatic N) is 1. The smallest absolute Gasteiger partial charge is 0.239 e. The minimum absolute atomic E-state index is 0.0466. The van der Waals surface area contributed by atoms with Gasteiger partial charge in [0.2, 0.25) is 5.91 Å². The summed E-state index contributed by atoms with van der Waals surface area (Å²) in [7, 11) is 1.88. The lowest BCUT2D eigenvalue weighted by Crippen LogP contribution is -2.47. The number of hydrogen-bond donors (Lipinski definition) is 1. The van der Waals surface area contributed by atoms with Crippen LogP contribution in [0.5, 0.6) is 0 Å². The molecule has 3 unspecified atom stereocenters. The normalized spacial score (nSPS) is 34.4. The number of rotatable bonds is 4. The first-order chi connectivity index (χ1) is 8.20. The molecule has 4 heteroatoms. The Morgan fingerprint density at radius 1 is 1.47 bits per heavy atom. The van der Waals surface area contributed by atoms with E-state index in [0.717, 1.165) is 38.8 Å². The zero-order valence-electron chi connectivity index (χ0n) is 10.9. The zero-order chi connectivity index (χ0) is 12.3. The maximum absolute atomic E-state index is 11.8. The number of likely N-dealkylation sites (tertiary alicyclic amines) is 1. The van der Waals surface area contributed by atoms with E-state index in [2.05, 4.69) is 12.2 Å². The van der Waals surface area contributed by atoms with Gasteiger partial charge in [0, 0.05) is 26.2 Å². The van der Waals surface area contributed by atoms with Crippen LogP contribution in [0.2, 0.25) is 0 Å². The largest absolute Gasteiger partial charge is 0.378 e. The van der Waals surface area contributed by atoms with Gasteiger partial charge in [-0.1, -0.05) is 13.3 Å². The van der Waals surface area contributed by atoms with Crippen LogP contribution >= 0.6 is 0 Å². The molecule has 2 saturated heterocycles. The van der Waals surface area contributed by atoms with Gasteiger partial charge in [-0.2, -0.15) is 0 Å². The summed E-state index contributed by atoms with van der Waals surface area (Å²) in [4.78, 5) is 13.6. The molecule has 2 aliphatic rings. The molecule has 3 atom stereocenters. The van der Waals surface area contributed by atoms with Crippen molar-refractivity contribution in [1.29, 1.82) is 0 Å². The fraction of sp³-hybridized carbons (Fsp3) is 0.923. The van der Waals surface area contributed by atoms with Crippen LogP contribution in [0.1, 0.15) is 39.0 Å². The highest BCUT2D eigenvalue weighted by atomic mass is 16.5. The van der Waals surface area contributed by atoms with Crippen LogP contribution in [-0.4, -0.2) is 49.2 Å². The third-order valence-electron chi connectivity index (χ3n) is 3.84. The van der Waals surface area contributed by atoms with Crippen molar-refractivity contribution in [2.75, 3.05) is 20.2 Å². The molecule has 0 saturated carbocycles. The number of nitrogens with one attached hydrogen (secondary N) is 1. The highest BCUT2D eigenvalue weighted by molar-refractivity contribution is 5.83. The molecule has 0 aliphatic carbocycles. The quantitative estimate of drug-likeness (QED) is 0.801. The van der Waals surface area contributed by atoms with Crippen LogP contribution in [0, 0.1) is 0 Å². The molecule has 1 N–H and O–H groups in total. The van der Waals surface area contributed by atoms with Crippen LogP contribution < -0.4 is 5.32 Å². The SMILES string of the molecule is CCCC1CC(NC2CCN(C)C2=O)CCO1. The molecule has 1 amide bonds. The summed E-state index contributed by atoms with van der Waals surface area (Å²) in [5.74, 6) is 0.253. The number of carbonyl (C=O) groups is 1. The maximum atomic E-state index is 11.8. The fourth-order valence-electron chi connectivity index (χ4n) is 2.82. The average Bonchev–Trinajstić information content (AvgIpc) is 2.62. The third kappa shape index (κ3) is 3.19. The number of hydrogen-bond acceptors (Lipinski definition) is 3. The molecule has 2 fully saturated rings. The summed E-state index contributed by atoms with van der Waals surface area (Å²) in [6.45, 7) is 3.91. The van der Waals surface area contributed by atoms with Crippen molar-refractivity contribution in [2.24, 2.45) is 0 Å². The molecule has 0 aromatic heterocycles. The summed E-state index contributed by atoms with van der Waals surface area (Å²) < 4.78 is 5.73. The molecule has 2 aliphatic heterocycles. The Labute approximate surface area is 104 Å². The van der Waals surface area contributed by atoms with Crippen molar-refractivity contribution in [1.82, 2.24) is 10.2 Å². The molecule has 98 valence electrons. The summed E-state index contributed by atoms with van der Waals surface area (Å²) in [6, 6.07) is 0.506. The van der Waals surface area contributed by atoms with E-state index in [1.165, 1.54) is 6.42 Å². The van der Waals surface area contributed by atoms with E-state index in [1.54, 1.807) is 0 Å². The van der Waals surface area contributed by atoms with Crippen LogP contribution in [0.3, 0.4) is 0 Å². The van der Waals surface area contributed by atoms with Gasteiger partial charge in [-0.3, -0.25) is 4.79 Å². The molecule has 0 bridgehead atoms. The van der Waals surface area contributed by atoms with E-state index in [1.807, 2.05) is 11.9 Å². The highest BCUT2D eigenvalue weighted by Crippen LogP contribution is 2.20. The minimum Gasteiger partial charge on any atom is -0.378 e. The summed E-state index contributed by atoms with van der Waals surface area (Å²) in [5, 5.41) is 3.52. The zero-order valence-corrected chi connectivity index (χ0v) is 10.9. The molecule has 0 aromatic rings. The number of amides is 1. The van der Waals surface area contributed by atoms with Crippen molar-refractivity contribution in [3.8, 4) is 0 Å². The van der Waals surface area contributed by atoms with E-state index in [0.29, 0.717) is 12.1 Å². The van der Waals surface area contributed by atoms with Crippen LogP contribution in [0.25, 0.3) is 0 Å². The van der Waals surface area contributed by atoms with Gasteiger partial charge in [-0.05, 0) is 25.7 Å². The van der Waals surface area contributed by atoms with Crippen LogP contribution in [0.15, 0.2) is 0 Å². The van der Waals surface area contributed by atoms with Crippen molar-refractivity contribution in [2.45, 2.75) is 57.2 Å². The van der Waals surface area contributed by atoms with Gasteiger partial charge in [-0.15, -0.1) is 0 Å². The first-order valence-electron chi connectivity index (χ1n) is 6.83. The Bertz CT molecular complexity index is 268. The molecule has 2 heterocycles. The first kappa shape index (κ1) is 12.8. The van der Waals surface area contributed by atoms with Crippen LogP contribution in [-0.2, 0) is 9.53 Å². The molecule has 0 radical (unpaired) electrons. The van der Waals surface area contributed by atoms with Gasteiger partial charge in [-0.25, -0.2) is 0 Å². The average molecular weight is 240 g/mol. The van der Waals surface area contributed by atoms with Crippen molar-refractivity contribution >= 4 is 5.91 Å². The molecule has 2 rings (SSSR count).